The van der Waals surface area contributed by atoms with Gasteiger partial charge in [-0.05, 0) is 26.7 Å². The Labute approximate surface area is 101 Å². The number of carbonyl (C=O) groups is 2. The van der Waals surface area contributed by atoms with Crippen LogP contribution in [0, 0.1) is 5.89 Å². The maximum atomic E-state index is 11.7. The van der Waals surface area contributed by atoms with Gasteiger partial charge < -0.3 is 15.2 Å². The van der Waals surface area contributed by atoms with Crippen molar-refractivity contribution in [3.05, 3.63) is 0 Å². The molecule has 5 heteroatoms. The van der Waals surface area contributed by atoms with Gasteiger partial charge in [0.15, 0.2) is 0 Å². The van der Waals surface area contributed by atoms with Crippen molar-refractivity contribution in [2.75, 3.05) is 0 Å². The molecule has 0 aliphatic rings. The van der Waals surface area contributed by atoms with Crippen LogP contribution >= 0.6 is 0 Å². The minimum atomic E-state index is -3.84. The first-order chi connectivity index (χ1) is 9.79. The number of hydrogen-bond donors (Lipinski definition) is 2. The maximum absolute atomic E-state index is 11.7. The van der Waals surface area contributed by atoms with Crippen molar-refractivity contribution in [3.63, 3.8) is 0 Å². The predicted molar refractivity (Wildman–Crippen MR) is 55.6 cm³/mol. The molecule has 0 saturated carbocycles. The summed E-state index contributed by atoms with van der Waals surface area (Å²) in [6.45, 7) is -3.18. The molecule has 0 fully saturated rings. The number of nitrogens with one attached hydrogen (secondary N) is 1. The first-order valence-corrected chi connectivity index (χ1v) is 4.04. The van der Waals surface area contributed by atoms with E-state index in [1.165, 1.54) is 26.1 Å². The van der Waals surface area contributed by atoms with Crippen molar-refractivity contribution in [2.45, 2.75) is 46.1 Å². The Morgan fingerprint density at radius 3 is 2.33 bits per heavy atom. The van der Waals surface area contributed by atoms with E-state index in [0.29, 0.717) is 0 Å². The third-order valence-corrected chi connectivity index (χ3v) is 1.09. The molecule has 1 amide bonds. The van der Waals surface area contributed by atoms with Crippen molar-refractivity contribution in [1.82, 2.24) is 5.32 Å². The summed E-state index contributed by atoms with van der Waals surface area (Å²) in [4.78, 5) is 23.1. The monoisotopic (exact) mass is 225 g/mol. The summed E-state index contributed by atoms with van der Waals surface area (Å²) in [5.41, 5.74) is -1.12. The quantitative estimate of drug-likeness (QED) is 0.765. The number of ether oxygens (including phenoxy) is 1. The molecule has 0 saturated heterocycles. The summed E-state index contributed by atoms with van der Waals surface area (Å²) in [5, 5.41) is 10.6. The van der Waals surface area contributed by atoms with Crippen LogP contribution in [0.2, 0.25) is 0 Å². The summed E-state index contributed by atoms with van der Waals surface area (Å²) >= 11 is 0. The van der Waals surface area contributed by atoms with Crippen molar-refractivity contribution >= 4 is 12.1 Å². The van der Waals surface area contributed by atoms with E-state index in [4.69, 9.17) is 20.8 Å². The van der Waals surface area contributed by atoms with Crippen LogP contribution in [0.1, 0.15) is 45.4 Å². The number of amides is 1. The molecule has 2 N–H and O–H groups in total. The zero-order valence-electron chi connectivity index (χ0n) is 16.7. The molecule has 0 aromatic carbocycles. The van der Waals surface area contributed by atoms with Crippen molar-refractivity contribution < 1.29 is 30.4 Å². The molecule has 88 valence electrons. The SMILES string of the molecule is [2H]C([2H])([2H])C([2H])(C([2H])([2H])[2H])C([2H])(NC(=O)OC(C)(C)C)C(=O)O. The summed E-state index contributed by atoms with van der Waals surface area (Å²) in [5.74, 6) is -6.15. The van der Waals surface area contributed by atoms with Crippen molar-refractivity contribution in [2.24, 2.45) is 5.89 Å². The van der Waals surface area contributed by atoms with Crippen molar-refractivity contribution in [1.29, 1.82) is 0 Å². The standard InChI is InChI=1S/C10H19NO4/c1-6(2)7(8(12)13)11-9(14)15-10(3,4)5/h6-7H,1-5H3,(H,11,14)(H,12,13)/i1D3,2D3,6D,7D. The zero-order valence-corrected chi connectivity index (χ0v) is 8.67. The molecule has 5 nitrogen and oxygen atoms in total. The fraction of sp³-hybridized carbons (Fsp3) is 0.800. The lowest BCUT2D eigenvalue weighted by Crippen LogP contribution is -2.46. The van der Waals surface area contributed by atoms with Crippen LogP contribution in [0.3, 0.4) is 0 Å². The molecule has 15 heavy (non-hydrogen) atoms. The second-order valence-electron chi connectivity index (χ2n) is 3.68. The maximum Gasteiger partial charge on any atom is 0.408 e. The van der Waals surface area contributed by atoms with E-state index in [1.807, 2.05) is 0 Å². The number of rotatable bonds is 3. The Morgan fingerprint density at radius 2 is 2.00 bits per heavy atom. The van der Waals surface area contributed by atoms with Crippen LogP contribution < -0.4 is 5.32 Å². The Bertz CT molecular complexity index is 467. The van der Waals surface area contributed by atoms with Gasteiger partial charge in [0.1, 0.15) is 11.6 Å². The van der Waals surface area contributed by atoms with Gasteiger partial charge in [-0.1, -0.05) is 13.7 Å². The van der Waals surface area contributed by atoms with E-state index in [1.54, 1.807) is 0 Å². The van der Waals surface area contributed by atoms with Gasteiger partial charge in [-0.2, -0.15) is 0 Å². The number of carboxylic acids is 1. The highest BCUT2D eigenvalue weighted by molar-refractivity contribution is 5.80. The molecule has 0 bridgehead atoms. The van der Waals surface area contributed by atoms with Crippen LogP contribution in [0.4, 0.5) is 4.79 Å². The summed E-state index contributed by atoms with van der Waals surface area (Å²) in [6, 6.07) is -3.70. The van der Waals surface area contributed by atoms with Gasteiger partial charge in [-0.3, -0.25) is 0 Å². The molecule has 0 aromatic heterocycles. The molecule has 0 radical (unpaired) electrons. The molecule has 1 atom stereocenters. The number of carboxylic acid groups (broad SMARTS) is 1. The van der Waals surface area contributed by atoms with E-state index in [9.17, 15) is 9.59 Å². The largest absolute Gasteiger partial charge is 0.480 e. The average Bonchev–Trinajstić information content (AvgIpc) is 2.20. The van der Waals surface area contributed by atoms with E-state index in [0.717, 1.165) is 0 Å². The zero-order chi connectivity index (χ0) is 19.1. The van der Waals surface area contributed by atoms with E-state index >= 15 is 0 Å². The molecule has 0 aliphatic carbocycles. The van der Waals surface area contributed by atoms with E-state index in [2.05, 4.69) is 0 Å². The molecular weight excluding hydrogens is 198 g/mol. The molecular formula is C10H19NO4. The van der Waals surface area contributed by atoms with Gasteiger partial charge in [0.2, 0.25) is 0 Å². The lowest BCUT2D eigenvalue weighted by molar-refractivity contribution is -0.140. The minimum Gasteiger partial charge on any atom is -0.480 e. The lowest BCUT2D eigenvalue weighted by atomic mass is 10.1. The van der Waals surface area contributed by atoms with Crippen LogP contribution in [0.15, 0.2) is 0 Å². The van der Waals surface area contributed by atoms with Crippen molar-refractivity contribution in [3.8, 4) is 0 Å². The van der Waals surface area contributed by atoms with Gasteiger partial charge in [-0.25, -0.2) is 9.59 Å². The number of carbonyl (C=O) groups excluding carboxylic acids is 1. The third-order valence-electron chi connectivity index (χ3n) is 1.09. The highest BCUT2D eigenvalue weighted by Gasteiger charge is 2.26. The van der Waals surface area contributed by atoms with E-state index < -0.39 is 43.3 Å². The van der Waals surface area contributed by atoms with Crippen LogP contribution in [-0.4, -0.2) is 28.8 Å². The minimum absolute atomic E-state index is 1.12. The molecule has 0 rings (SSSR count). The Balaban J connectivity index is 6.11. The molecule has 0 heterocycles. The first kappa shape index (κ1) is 5.18. The highest BCUT2D eigenvalue weighted by atomic mass is 16.6. The highest BCUT2D eigenvalue weighted by Crippen LogP contribution is 2.08. The Morgan fingerprint density at radius 1 is 1.47 bits per heavy atom. The Hall–Kier alpha value is -1.26. The van der Waals surface area contributed by atoms with Gasteiger partial charge in [-0.15, -0.1) is 0 Å². The van der Waals surface area contributed by atoms with Crippen LogP contribution in [-0.2, 0) is 9.53 Å². The lowest BCUT2D eigenvalue weighted by Gasteiger charge is -2.23. The third kappa shape index (κ3) is 5.93. The normalized spacial score (nSPS) is 25.8. The first-order valence-electron chi connectivity index (χ1n) is 8.04. The molecule has 0 aliphatic heterocycles. The fourth-order valence-electron chi connectivity index (χ4n) is 0.629. The average molecular weight is 225 g/mol. The van der Waals surface area contributed by atoms with Gasteiger partial charge in [0, 0.05) is 9.60 Å². The van der Waals surface area contributed by atoms with Crippen LogP contribution in [0.25, 0.3) is 0 Å². The summed E-state index contributed by atoms with van der Waals surface area (Å²) in [6.07, 6.45) is -1.53. The summed E-state index contributed by atoms with van der Waals surface area (Å²) in [7, 11) is 0. The molecule has 1 unspecified atom stereocenters. The molecule has 0 spiro atoms. The number of hydrogen-bond acceptors (Lipinski definition) is 3. The summed E-state index contributed by atoms with van der Waals surface area (Å²) < 4.78 is 63.6. The van der Waals surface area contributed by atoms with E-state index in [-0.39, 0.29) is 0 Å². The second-order valence-corrected chi connectivity index (χ2v) is 3.68. The second kappa shape index (κ2) is 5.00. The van der Waals surface area contributed by atoms with Gasteiger partial charge in [0.25, 0.3) is 0 Å². The van der Waals surface area contributed by atoms with Gasteiger partial charge >= 0.3 is 12.1 Å². The molecule has 0 aromatic rings. The topological polar surface area (TPSA) is 75.6 Å². The van der Waals surface area contributed by atoms with Crippen LogP contribution in [0.5, 0.6) is 0 Å². The Kier molecular flexibility index (Phi) is 1.73. The predicted octanol–water partition coefficient (Wildman–Crippen LogP) is 1.62. The fourth-order valence-corrected chi connectivity index (χ4v) is 0.629. The van der Waals surface area contributed by atoms with Gasteiger partial charge in [0.05, 0.1) is 1.37 Å². The number of alkyl carbamates (subject to hydrolysis) is 1. The smallest absolute Gasteiger partial charge is 0.408 e. The number of aliphatic carboxylic acids is 1.